The summed E-state index contributed by atoms with van der Waals surface area (Å²) in [7, 11) is 0. The topological polar surface area (TPSA) is 37.8 Å². The molecule has 0 aromatic carbocycles. The van der Waals surface area contributed by atoms with Gasteiger partial charge in [-0.25, -0.2) is 9.97 Å². The quantitative estimate of drug-likeness (QED) is 0.800. The van der Waals surface area contributed by atoms with Crippen LogP contribution in [0.5, 0.6) is 0 Å². The standard InChI is InChI=1S/C12H17N3/c1-8-2-5-11-9(6-8)7-13-12(15-11)14-10-3-4-10/h7-8,10H,2-6H2,1H3,(H,13,14,15). The molecule has 1 saturated carbocycles. The Kier molecular flexibility index (Phi) is 2.11. The van der Waals surface area contributed by atoms with Crippen molar-refractivity contribution in [2.75, 3.05) is 5.32 Å². The Morgan fingerprint density at radius 1 is 1.33 bits per heavy atom. The Labute approximate surface area is 90.3 Å². The Morgan fingerprint density at radius 2 is 2.20 bits per heavy atom. The van der Waals surface area contributed by atoms with Gasteiger partial charge in [-0.3, -0.25) is 0 Å². The third-order valence-electron chi connectivity index (χ3n) is 3.31. The zero-order chi connectivity index (χ0) is 10.3. The van der Waals surface area contributed by atoms with E-state index < -0.39 is 0 Å². The number of fused-ring (bicyclic) bond motifs is 1. The number of rotatable bonds is 2. The van der Waals surface area contributed by atoms with Crippen molar-refractivity contribution in [2.45, 2.75) is 45.1 Å². The summed E-state index contributed by atoms with van der Waals surface area (Å²) in [6.45, 7) is 2.30. The molecule has 2 aliphatic carbocycles. The summed E-state index contributed by atoms with van der Waals surface area (Å²) < 4.78 is 0. The SMILES string of the molecule is CC1CCc2nc(NC3CC3)ncc2C1. The Hall–Kier alpha value is -1.12. The van der Waals surface area contributed by atoms with Crippen LogP contribution in [0.3, 0.4) is 0 Å². The van der Waals surface area contributed by atoms with Gasteiger partial charge in [-0.05, 0) is 43.6 Å². The molecule has 0 bridgehead atoms. The molecule has 2 aliphatic rings. The summed E-state index contributed by atoms with van der Waals surface area (Å²) in [5.74, 6) is 1.63. The van der Waals surface area contributed by atoms with Crippen LogP contribution in [0.15, 0.2) is 6.20 Å². The molecule has 1 aromatic rings. The van der Waals surface area contributed by atoms with Crippen LogP contribution in [0.1, 0.15) is 37.4 Å². The second kappa shape index (κ2) is 3.47. The van der Waals surface area contributed by atoms with Gasteiger partial charge in [0.2, 0.25) is 5.95 Å². The fraction of sp³-hybridized carbons (Fsp3) is 0.667. The summed E-state index contributed by atoms with van der Waals surface area (Å²) in [6.07, 6.45) is 8.11. The molecule has 1 aromatic heterocycles. The van der Waals surface area contributed by atoms with E-state index in [0.717, 1.165) is 24.7 Å². The number of nitrogens with zero attached hydrogens (tertiary/aromatic N) is 2. The first-order valence-electron chi connectivity index (χ1n) is 5.92. The summed E-state index contributed by atoms with van der Waals surface area (Å²) in [4.78, 5) is 8.99. The molecule has 0 spiro atoms. The number of aryl methyl sites for hydroxylation is 1. The fourth-order valence-corrected chi connectivity index (χ4v) is 2.17. The third-order valence-corrected chi connectivity index (χ3v) is 3.31. The van der Waals surface area contributed by atoms with Gasteiger partial charge in [0.15, 0.2) is 0 Å². The molecule has 1 fully saturated rings. The molecule has 0 aliphatic heterocycles. The minimum Gasteiger partial charge on any atom is -0.351 e. The zero-order valence-corrected chi connectivity index (χ0v) is 9.16. The van der Waals surface area contributed by atoms with Gasteiger partial charge in [0.1, 0.15) is 0 Å². The predicted octanol–water partition coefficient (Wildman–Crippen LogP) is 2.18. The van der Waals surface area contributed by atoms with Crippen LogP contribution < -0.4 is 5.32 Å². The lowest BCUT2D eigenvalue weighted by molar-refractivity contribution is 0.492. The number of aromatic nitrogens is 2. The lowest BCUT2D eigenvalue weighted by atomic mass is 9.89. The number of anilines is 1. The lowest BCUT2D eigenvalue weighted by Crippen LogP contribution is -2.15. The van der Waals surface area contributed by atoms with E-state index in [9.17, 15) is 0 Å². The van der Waals surface area contributed by atoms with Gasteiger partial charge in [-0.2, -0.15) is 0 Å². The second-order valence-electron chi connectivity index (χ2n) is 4.93. The first kappa shape index (κ1) is 9.13. The van der Waals surface area contributed by atoms with E-state index in [1.807, 2.05) is 6.20 Å². The molecular weight excluding hydrogens is 186 g/mol. The molecule has 1 atom stereocenters. The second-order valence-corrected chi connectivity index (χ2v) is 4.93. The van der Waals surface area contributed by atoms with E-state index >= 15 is 0 Å². The van der Waals surface area contributed by atoms with E-state index in [-0.39, 0.29) is 0 Å². The predicted molar refractivity (Wildman–Crippen MR) is 59.9 cm³/mol. The summed E-state index contributed by atoms with van der Waals surface area (Å²) >= 11 is 0. The summed E-state index contributed by atoms with van der Waals surface area (Å²) in [5.41, 5.74) is 2.63. The average molecular weight is 203 g/mol. The third kappa shape index (κ3) is 1.96. The van der Waals surface area contributed by atoms with Crippen LogP contribution >= 0.6 is 0 Å². The van der Waals surface area contributed by atoms with Crippen molar-refractivity contribution in [1.29, 1.82) is 0 Å². The number of nitrogens with one attached hydrogen (secondary N) is 1. The van der Waals surface area contributed by atoms with Gasteiger partial charge in [0.25, 0.3) is 0 Å². The monoisotopic (exact) mass is 203 g/mol. The van der Waals surface area contributed by atoms with Crippen molar-refractivity contribution in [3.63, 3.8) is 0 Å². The maximum absolute atomic E-state index is 4.61. The van der Waals surface area contributed by atoms with Crippen molar-refractivity contribution in [3.8, 4) is 0 Å². The molecule has 15 heavy (non-hydrogen) atoms. The highest BCUT2D eigenvalue weighted by Crippen LogP contribution is 2.26. The van der Waals surface area contributed by atoms with E-state index in [0.29, 0.717) is 6.04 Å². The van der Waals surface area contributed by atoms with Crippen molar-refractivity contribution in [1.82, 2.24) is 9.97 Å². The Bertz CT molecular complexity index is 371. The normalized spacial score (nSPS) is 24.7. The van der Waals surface area contributed by atoms with Gasteiger partial charge in [-0.15, -0.1) is 0 Å². The minimum atomic E-state index is 0.644. The summed E-state index contributed by atoms with van der Waals surface area (Å²) in [6, 6.07) is 0.644. The van der Waals surface area contributed by atoms with Gasteiger partial charge >= 0.3 is 0 Å². The first-order valence-corrected chi connectivity index (χ1v) is 5.92. The smallest absolute Gasteiger partial charge is 0.223 e. The van der Waals surface area contributed by atoms with Crippen LogP contribution in [0, 0.1) is 5.92 Å². The molecule has 0 saturated heterocycles. The highest BCUT2D eigenvalue weighted by Gasteiger charge is 2.23. The molecule has 3 rings (SSSR count). The lowest BCUT2D eigenvalue weighted by Gasteiger charge is -2.20. The molecule has 1 heterocycles. The van der Waals surface area contributed by atoms with Crippen LogP contribution in [-0.2, 0) is 12.8 Å². The molecule has 80 valence electrons. The largest absolute Gasteiger partial charge is 0.351 e. The van der Waals surface area contributed by atoms with Gasteiger partial charge < -0.3 is 5.32 Å². The maximum Gasteiger partial charge on any atom is 0.223 e. The molecule has 0 amide bonds. The van der Waals surface area contributed by atoms with Crippen molar-refractivity contribution in [3.05, 3.63) is 17.5 Å². The molecular formula is C12H17N3. The minimum absolute atomic E-state index is 0.644. The average Bonchev–Trinajstić information content (AvgIpc) is 3.02. The van der Waals surface area contributed by atoms with E-state index in [1.54, 1.807) is 0 Å². The van der Waals surface area contributed by atoms with Gasteiger partial charge in [0.05, 0.1) is 0 Å². The molecule has 3 nitrogen and oxygen atoms in total. The maximum atomic E-state index is 4.61. The van der Waals surface area contributed by atoms with Crippen LogP contribution in [0.4, 0.5) is 5.95 Å². The van der Waals surface area contributed by atoms with Crippen molar-refractivity contribution < 1.29 is 0 Å². The van der Waals surface area contributed by atoms with Gasteiger partial charge in [-0.1, -0.05) is 6.92 Å². The molecule has 0 radical (unpaired) electrons. The molecule has 1 N–H and O–H groups in total. The van der Waals surface area contributed by atoms with Crippen LogP contribution in [0.2, 0.25) is 0 Å². The van der Waals surface area contributed by atoms with E-state index in [4.69, 9.17) is 0 Å². The summed E-state index contributed by atoms with van der Waals surface area (Å²) in [5, 5.41) is 3.35. The number of hydrogen-bond donors (Lipinski definition) is 1. The van der Waals surface area contributed by atoms with E-state index in [1.165, 1.54) is 30.5 Å². The van der Waals surface area contributed by atoms with Crippen LogP contribution in [-0.4, -0.2) is 16.0 Å². The highest BCUT2D eigenvalue weighted by atomic mass is 15.1. The molecule has 1 unspecified atom stereocenters. The number of hydrogen-bond acceptors (Lipinski definition) is 3. The van der Waals surface area contributed by atoms with Crippen LogP contribution in [0.25, 0.3) is 0 Å². The fourth-order valence-electron chi connectivity index (χ4n) is 2.17. The Morgan fingerprint density at radius 3 is 3.00 bits per heavy atom. The van der Waals surface area contributed by atoms with Crippen molar-refractivity contribution in [2.24, 2.45) is 5.92 Å². The first-order chi connectivity index (χ1) is 7.31. The highest BCUT2D eigenvalue weighted by molar-refractivity contribution is 5.33. The zero-order valence-electron chi connectivity index (χ0n) is 9.16. The Balaban J connectivity index is 1.82. The van der Waals surface area contributed by atoms with Crippen molar-refractivity contribution >= 4 is 5.95 Å². The molecule has 3 heteroatoms. The van der Waals surface area contributed by atoms with Gasteiger partial charge in [0, 0.05) is 17.9 Å². The van der Waals surface area contributed by atoms with E-state index in [2.05, 4.69) is 22.2 Å².